The number of aliphatic carboxylic acids is 1. The minimum atomic E-state index is -1.06. The monoisotopic (exact) mass is 280 g/mol. The molecule has 0 spiro atoms. The van der Waals surface area contributed by atoms with E-state index in [0.29, 0.717) is 11.6 Å². The highest BCUT2D eigenvalue weighted by molar-refractivity contribution is 5.82. The van der Waals surface area contributed by atoms with Crippen LogP contribution in [-0.2, 0) is 11.2 Å². The molecular weight excluding hydrogens is 260 g/mol. The summed E-state index contributed by atoms with van der Waals surface area (Å²) in [6.07, 6.45) is 6.21. The number of aromatic amines is 1. The number of hydrogen-bond donors (Lipinski definition) is 4. The van der Waals surface area contributed by atoms with Crippen molar-refractivity contribution >= 4 is 12.0 Å². The molecule has 2 unspecified atom stereocenters. The topological polar surface area (TPSA) is 107 Å². The zero-order chi connectivity index (χ0) is 14.5. The highest BCUT2D eigenvalue weighted by Gasteiger charge is 2.25. The van der Waals surface area contributed by atoms with Crippen LogP contribution in [0.2, 0.25) is 0 Å². The smallest absolute Gasteiger partial charge is 0.326 e. The molecule has 110 valence electrons. The third kappa shape index (κ3) is 3.97. The van der Waals surface area contributed by atoms with Crippen molar-refractivity contribution in [2.24, 2.45) is 5.92 Å². The van der Waals surface area contributed by atoms with Gasteiger partial charge in [0.25, 0.3) is 0 Å². The SMILES string of the molecule is CC1CCC(NC(=O)N[C@H](Cc2cnc[nH]2)C(=O)O)C1. The predicted octanol–water partition coefficient (Wildman–Crippen LogP) is 0.893. The number of carboxylic acids is 1. The molecule has 1 aromatic heterocycles. The number of carbonyl (C=O) groups is 2. The first-order chi connectivity index (χ1) is 9.54. The van der Waals surface area contributed by atoms with Gasteiger partial charge in [0.1, 0.15) is 6.04 Å². The zero-order valence-electron chi connectivity index (χ0n) is 11.4. The number of urea groups is 1. The van der Waals surface area contributed by atoms with Gasteiger partial charge in [0.2, 0.25) is 0 Å². The van der Waals surface area contributed by atoms with Crippen LogP contribution in [0.5, 0.6) is 0 Å². The molecule has 2 rings (SSSR count). The quantitative estimate of drug-likeness (QED) is 0.642. The first kappa shape index (κ1) is 14.4. The molecule has 1 fully saturated rings. The second-order valence-electron chi connectivity index (χ2n) is 5.40. The third-order valence-corrected chi connectivity index (χ3v) is 3.61. The summed E-state index contributed by atoms with van der Waals surface area (Å²) in [6, 6.07) is -1.24. The number of carbonyl (C=O) groups excluding carboxylic acids is 1. The molecule has 0 aliphatic heterocycles. The van der Waals surface area contributed by atoms with Gasteiger partial charge in [-0.3, -0.25) is 0 Å². The maximum absolute atomic E-state index is 11.8. The highest BCUT2D eigenvalue weighted by Crippen LogP contribution is 2.24. The van der Waals surface area contributed by atoms with Crippen LogP contribution in [0.3, 0.4) is 0 Å². The molecule has 1 aliphatic carbocycles. The standard InChI is InChI=1S/C13H20N4O3/c1-8-2-3-9(4-8)16-13(20)17-11(12(18)19)5-10-6-14-7-15-10/h6-9,11H,2-5H2,1H3,(H,14,15)(H,18,19)(H2,16,17,20)/t8?,9?,11-/m1/s1. The van der Waals surface area contributed by atoms with Crippen LogP contribution in [0, 0.1) is 5.92 Å². The van der Waals surface area contributed by atoms with Gasteiger partial charge in [0, 0.05) is 24.4 Å². The Kier molecular flexibility index (Phi) is 4.60. The van der Waals surface area contributed by atoms with Crippen molar-refractivity contribution in [3.8, 4) is 0 Å². The van der Waals surface area contributed by atoms with Gasteiger partial charge in [-0.2, -0.15) is 0 Å². The summed E-state index contributed by atoms with van der Waals surface area (Å²) in [5, 5.41) is 14.5. The molecule has 7 heteroatoms. The lowest BCUT2D eigenvalue weighted by Gasteiger charge is -2.17. The average molecular weight is 280 g/mol. The predicted molar refractivity (Wildman–Crippen MR) is 72.2 cm³/mol. The van der Waals surface area contributed by atoms with Crippen molar-refractivity contribution in [1.29, 1.82) is 0 Å². The van der Waals surface area contributed by atoms with Gasteiger partial charge in [0.15, 0.2) is 0 Å². The number of imidazole rings is 1. The molecule has 3 atom stereocenters. The van der Waals surface area contributed by atoms with Crippen molar-refractivity contribution in [1.82, 2.24) is 20.6 Å². The van der Waals surface area contributed by atoms with E-state index in [0.717, 1.165) is 19.3 Å². The Morgan fingerprint density at radius 3 is 2.90 bits per heavy atom. The summed E-state index contributed by atoms with van der Waals surface area (Å²) in [6.45, 7) is 2.15. The van der Waals surface area contributed by atoms with E-state index in [2.05, 4.69) is 27.5 Å². The van der Waals surface area contributed by atoms with E-state index < -0.39 is 18.0 Å². The number of hydrogen-bond acceptors (Lipinski definition) is 3. The Morgan fingerprint density at radius 2 is 2.35 bits per heavy atom. The number of nitrogens with one attached hydrogen (secondary N) is 3. The molecule has 1 heterocycles. The summed E-state index contributed by atoms with van der Waals surface area (Å²) in [7, 11) is 0. The lowest BCUT2D eigenvalue weighted by Crippen LogP contribution is -2.49. The molecule has 20 heavy (non-hydrogen) atoms. The van der Waals surface area contributed by atoms with Gasteiger partial charge in [-0.05, 0) is 25.2 Å². The van der Waals surface area contributed by atoms with Crippen LogP contribution in [0.15, 0.2) is 12.5 Å². The Labute approximate surface area is 117 Å². The van der Waals surface area contributed by atoms with E-state index in [-0.39, 0.29) is 12.5 Å². The minimum Gasteiger partial charge on any atom is -0.480 e. The van der Waals surface area contributed by atoms with E-state index in [1.54, 1.807) is 6.20 Å². The van der Waals surface area contributed by atoms with Gasteiger partial charge in [-0.1, -0.05) is 6.92 Å². The fourth-order valence-corrected chi connectivity index (χ4v) is 2.54. The van der Waals surface area contributed by atoms with Gasteiger partial charge in [-0.15, -0.1) is 0 Å². The summed E-state index contributed by atoms with van der Waals surface area (Å²) in [5.41, 5.74) is 0.673. The van der Waals surface area contributed by atoms with Crippen LogP contribution in [0.4, 0.5) is 4.79 Å². The summed E-state index contributed by atoms with van der Waals surface area (Å²) in [4.78, 5) is 29.7. The maximum atomic E-state index is 11.8. The Bertz CT molecular complexity index is 460. The van der Waals surface area contributed by atoms with Crippen molar-refractivity contribution in [3.63, 3.8) is 0 Å². The number of nitrogens with zero attached hydrogens (tertiary/aromatic N) is 1. The van der Waals surface area contributed by atoms with Crippen molar-refractivity contribution < 1.29 is 14.7 Å². The summed E-state index contributed by atoms with van der Waals surface area (Å²) in [5.74, 6) is -0.449. The van der Waals surface area contributed by atoms with Crippen molar-refractivity contribution in [2.75, 3.05) is 0 Å². The second-order valence-corrected chi connectivity index (χ2v) is 5.40. The molecule has 7 nitrogen and oxygen atoms in total. The molecule has 0 saturated heterocycles. The maximum Gasteiger partial charge on any atom is 0.326 e. The number of amides is 2. The molecule has 4 N–H and O–H groups in total. The highest BCUT2D eigenvalue weighted by atomic mass is 16.4. The summed E-state index contributed by atoms with van der Waals surface area (Å²) >= 11 is 0. The minimum absolute atomic E-state index is 0.145. The number of H-pyrrole nitrogens is 1. The van der Waals surface area contributed by atoms with Gasteiger partial charge >= 0.3 is 12.0 Å². The molecule has 1 saturated carbocycles. The fourth-order valence-electron chi connectivity index (χ4n) is 2.54. The van der Waals surface area contributed by atoms with Crippen molar-refractivity contribution in [3.05, 3.63) is 18.2 Å². The first-order valence-electron chi connectivity index (χ1n) is 6.81. The van der Waals surface area contributed by atoms with Crippen LogP contribution in [0.25, 0.3) is 0 Å². The first-order valence-corrected chi connectivity index (χ1v) is 6.81. The lowest BCUT2D eigenvalue weighted by molar-refractivity contribution is -0.139. The third-order valence-electron chi connectivity index (χ3n) is 3.61. The molecular formula is C13H20N4O3. The van der Waals surface area contributed by atoms with Crippen LogP contribution in [0.1, 0.15) is 31.9 Å². The fraction of sp³-hybridized carbons (Fsp3) is 0.615. The molecule has 0 aromatic carbocycles. The molecule has 0 bridgehead atoms. The molecule has 1 aromatic rings. The lowest BCUT2D eigenvalue weighted by atomic mass is 10.1. The van der Waals surface area contributed by atoms with E-state index in [9.17, 15) is 9.59 Å². The average Bonchev–Trinajstić information content (AvgIpc) is 3.00. The normalized spacial score (nSPS) is 23.2. The Morgan fingerprint density at radius 1 is 1.55 bits per heavy atom. The van der Waals surface area contributed by atoms with Gasteiger partial charge in [-0.25, -0.2) is 14.6 Å². The molecule has 1 aliphatic rings. The van der Waals surface area contributed by atoms with E-state index in [1.807, 2.05) is 0 Å². The molecule has 2 amide bonds. The Hall–Kier alpha value is -2.05. The molecule has 0 radical (unpaired) electrons. The Balaban J connectivity index is 1.84. The summed E-state index contributed by atoms with van der Waals surface area (Å²) < 4.78 is 0. The van der Waals surface area contributed by atoms with Crippen LogP contribution in [-0.4, -0.2) is 39.2 Å². The zero-order valence-corrected chi connectivity index (χ0v) is 11.4. The van der Waals surface area contributed by atoms with Gasteiger partial charge < -0.3 is 20.7 Å². The van der Waals surface area contributed by atoms with Crippen LogP contribution < -0.4 is 10.6 Å². The number of aromatic nitrogens is 2. The second kappa shape index (κ2) is 6.40. The number of rotatable bonds is 5. The van der Waals surface area contributed by atoms with E-state index >= 15 is 0 Å². The van der Waals surface area contributed by atoms with E-state index in [1.165, 1.54) is 6.33 Å². The van der Waals surface area contributed by atoms with Crippen molar-refractivity contribution in [2.45, 2.75) is 44.7 Å². The number of carboxylic acid groups (broad SMARTS) is 1. The van der Waals surface area contributed by atoms with Gasteiger partial charge in [0.05, 0.1) is 6.33 Å². The largest absolute Gasteiger partial charge is 0.480 e. The van der Waals surface area contributed by atoms with Crippen LogP contribution >= 0.6 is 0 Å². The van der Waals surface area contributed by atoms with E-state index in [4.69, 9.17) is 5.11 Å².